The van der Waals surface area contributed by atoms with Crippen molar-refractivity contribution in [3.63, 3.8) is 0 Å². The Bertz CT molecular complexity index is 220. The fraction of sp³-hybridized carbons (Fsp3) is 0.833. The van der Waals surface area contributed by atoms with Crippen LogP contribution in [0.3, 0.4) is 0 Å². The molecule has 2 rings (SSSR count). The number of methoxy groups -OCH3 is 1. The molecule has 1 atom stereocenters. The number of hydrogen-bond acceptors (Lipinski definition) is 3. The fourth-order valence-corrected chi connectivity index (χ4v) is 2.28. The SMILES string of the molecule is COC1CC=C(N2CCCCCC2)CO1. The van der Waals surface area contributed by atoms with Crippen molar-refractivity contribution in [2.45, 2.75) is 38.4 Å². The molecule has 0 spiro atoms. The van der Waals surface area contributed by atoms with Crippen LogP contribution >= 0.6 is 0 Å². The second kappa shape index (κ2) is 5.52. The van der Waals surface area contributed by atoms with Crippen LogP contribution in [0.1, 0.15) is 32.1 Å². The Kier molecular flexibility index (Phi) is 4.03. The summed E-state index contributed by atoms with van der Waals surface area (Å²) in [5.41, 5.74) is 1.37. The summed E-state index contributed by atoms with van der Waals surface area (Å²) in [7, 11) is 1.70. The first-order valence-corrected chi connectivity index (χ1v) is 5.98. The van der Waals surface area contributed by atoms with Crippen LogP contribution < -0.4 is 0 Å². The molecule has 1 fully saturated rings. The molecule has 3 heteroatoms. The number of rotatable bonds is 2. The van der Waals surface area contributed by atoms with E-state index >= 15 is 0 Å². The van der Waals surface area contributed by atoms with Gasteiger partial charge in [0, 0.05) is 32.3 Å². The largest absolute Gasteiger partial charge is 0.373 e. The highest BCUT2D eigenvalue weighted by Crippen LogP contribution is 2.20. The van der Waals surface area contributed by atoms with Crippen LogP contribution in [0.2, 0.25) is 0 Å². The Morgan fingerprint density at radius 3 is 2.53 bits per heavy atom. The van der Waals surface area contributed by atoms with Crippen LogP contribution in [0.15, 0.2) is 11.8 Å². The second-order valence-electron chi connectivity index (χ2n) is 4.31. The molecular formula is C12H21NO2. The van der Waals surface area contributed by atoms with Crippen LogP contribution in [0, 0.1) is 0 Å². The van der Waals surface area contributed by atoms with Crippen molar-refractivity contribution in [2.75, 3.05) is 26.8 Å². The van der Waals surface area contributed by atoms with Crippen molar-refractivity contribution in [3.8, 4) is 0 Å². The molecule has 3 nitrogen and oxygen atoms in total. The quantitative estimate of drug-likeness (QED) is 0.698. The van der Waals surface area contributed by atoms with E-state index < -0.39 is 0 Å². The van der Waals surface area contributed by atoms with Gasteiger partial charge in [0.2, 0.25) is 0 Å². The molecule has 2 heterocycles. The van der Waals surface area contributed by atoms with E-state index in [-0.39, 0.29) is 6.29 Å². The number of hydrogen-bond donors (Lipinski definition) is 0. The van der Waals surface area contributed by atoms with Gasteiger partial charge in [0.25, 0.3) is 0 Å². The average molecular weight is 211 g/mol. The average Bonchev–Trinajstić information content (AvgIpc) is 2.58. The second-order valence-corrected chi connectivity index (χ2v) is 4.31. The summed E-state index contributed by atoms with van der Waals surface area (Å²) < 4.78 is 10.8. The summed E-state index contributed by atoms with van der Waals surface area (Å²) in [6, 6.07) is 0. The van der Waals surface area contributed by atoms with Gasteiger partial charge in [-0.15, -0.1) is 0 Å². The standard InChI is InChI=1S/C12H21NO2/c1-14-12-7-6-11(10-15-12)13-8-4-2-3-5-9-13/h6,12H,2-5,7-10H2,1H3. The van der Waals surface area contributed by atoms with E-state index in [1.54, 1.807) is 7.11 Å². The molecule has 0 aromatic heterocycles. The third-order valence-electron chi connectivity index (χ3n) is 3.24. The summed E-state index contributed by atoms with van der Waals surface area (Å²) in [6.45, 7) is 3.12. The van der Waals surface area contributed by atoms with E-state index in [0.717, 1.165) is 13.0 Å². The van der Waals surface area contributed by atoms with E-state index in [0.29, 0.717) is 0 Å². The molecule has 15 heavy (non-hydrogen) atoms. The van der Waals surface area contributed by atoms with Crippen LogP contribution in [-0.2, 0) is 9.47 Å². The van der Waals surface area contributed by atoms with Crippen LogP contribution in [-0.4, -0.2) is 38.0 Å². The van der Waals surface area contributed by atoms with Gasteiger partial charge in [-0.2, -0.15) is 0 Å². The monoisotopic (exact) mass is 211 g/mol. The zero-order valence-electron chi connectivity index (χ0n) is 9.58. The lowest BCUT2D eigenvalue weighted by Crippen LogP contribution is -2.31. The van der Waals surface area contributed by atoms with E-state index in [9.17, 15) is 0 Å². The topological polar surface area (TPSA) is 21.7 Å². The first-order valence-electron chi connectivity index (χ1n) is 5.98. The maximum atomic E-state index is 5.60. The Morgan fingerprint density at radius 2 is 2.00 bits per heavy atom. The Morgan fingerprint density at radius 1 is 1.27 bits per heavy atom. The minimum atomic E-state index is -0.0271. The van der Waals surface area contributed by atoms with Gasteiger partial charge >= 0.3 is 0 Å². The molecule has 86 valence electrons. The number of likely N-dealkylation sites (tertiary alicyclic amines) is 1. The zero-order chi connectivity index (χ0) is 10.5. The van der Waals surface area contributed by atoms with Crippen molar-refractivity contribution in [1.82, 2.24) is 4.90 Å². The molecule has 0 N–H and O–H groups in total. The van der Waals surface area contributed by atoms with Gasteiger partial charge in [-0.1, -0.05) is 18.9 Å². The molecule has 0 aromatic carbocycles. The van der Waals surface area contributed by atoms with E-state index in [4.69, 9.17) is 9.47 Å². The highest BCUT2D eigenvalue weighted by atomic mass is 16.7. The lowest BCUT2D eigenvalue weighted by atomic mass is 10.2. The molecule has 2 aliphatic rings. The summed E-state index contributed by atoms with van der Waals surface area (Å²) in [6.07, 6.45) is 8.55. The van der Waals surface area contributed by atoms with Crippen molar-refractivity contribution >= 4 is 0 Å². The van der Waals surface area contributed by atoms with Gasteiger partial charge in [0.1, 0.15) is 0 Å². The molecule has 0 radical (unpaired) electrons. The molecule has 0 saturated carbocycles. The summed E-state index contributed by atoms with van der Waals surface area (Å²) in [4.78, 5) is 2.48. The summed E-state index contributed by atoms with van der Waals surface area (Å²) in [5, 5.41) is 0. The smallest absolute Gasteiger partial charge is 0.161 e. The molecule has 1 saturated heterocycles. The summed E-state index contributed by atoms with van der Waals surface area (Å²) >= 11 is 0. The lowest BCUT2D eigenvalue weighted by Gasteiger charge is -2.30. The molecule has 1 unspecified atom stereocenters. The van der Waals surface area contributed by atoms with Crippen LogP contribution in [0.5, 0.6) is 0 Å². The third-order valence-corrected chi connectivity index (χ3v) is 3.24. The van der Waals surface area contributed by atoms with Crippen LogP contribution in [0.25, 0.3) is 0 Å². The van der Waals surface area contributed by atoms with Crippen molar-refractivity contribution in [2.24, 2.45) is 0 Å². The van der Waals surface area contributed by atoms with E-state index in [1.165, 1.54) is 44.5 Å². The van der Waals surface area contributed by atoms with Gasteiger partial charge in [0.05, 0.1) is 6.61 Å². The first kappa shape index (κ1) is 11.0. The molecular weight excluding hydrogens is 190 g/mol. The van der Waals surface area contributed by atoms with Gasteiger partial charge in [-0.3, -0.25) is 0 Å². The lowest BCUT2D eigenvalue weighted by molar-refractivity contribution is -0.124. The maximum Gasteiger partial charge on any atom is 0.161 e. The van der Waals surface area contributed by atoms with Crippen molar-refractivity contribution in [3.05, 3.63) is 11.8 Å². The van der Waals surface area contributed by atoms with Gasteiger partial charge in [0.15, 0.2) is 6.29 Å². The fourth-order valence-electron chi connectivity index (χ4n) is 2.28. The Labute approximate surface area is 92.0 Å². The van der Waals surface area contributed by atoms with Gasteiger partial charge in [-0.05, 0) is 12.8 Å². The Hall–Kier alpha value is -0.540. The van der Waals surface area contributed by atoms with E-state index in [2.05, 4.69) is 11.0 Å². The van der Waals surface area contributed by atoms with E-state index in [1.807, 2.05) is 0 Å². The maximum absolute atomic E-state index is 5.60. The normalized spacial score (nSPS) is 28.5. The highest BCUT2D eigenvalue weighted by Gasteiger charge is 2.18. The Balaban J connectivity index is 1.89. The molecule has 0 aliphatic carbocycles. The predicted octanol–water partition coefficient (Wildman–Crippen LogP) is 2.14. The minimum absolute atomic E-state index is 0.0271. The zero-order valence-corrected chi connectivity index (χ0v) is 9.58. The van der Waals surface area contributed by atoms with Gasteiger partial charge in [-0.25, -0.2) is 0 Å². The minimum Gasteiger partial charge on any atom is -0.373 e. The molecule has 0 aromatic rings. The third kappa shape index (κ3) is 2.95. The van der Waals surface area contributed by atoms with Crippen molar-refractivity contribution < 1.29 is 9.47 Å². The number of ether oxygens (including phenoxy) is 2. The first-order chi connectivity index (χ1) is 7.40. The van der Waals surface area contributed by atoms with Crippen molar-refractivity contribution in [1.29, 1.82) is 0 Å². The van der Waals surface area contributed by atoms with Gasteiger partial charge < -0.3 is 14.4 Å². The van der Waals surface area contributed by atoms with Crippen LogP contribution in [0.4, 0.5) is 0 Å². The predicted molar refractivity (Wildman–Crippen MR) is 59.5 cm³/mol. The molecule has 2 aliphatic heterocycles. The molecule has 0 amide bonds. The molecule has 0 bridgehead atoms. The summed E-state index contributed by atoms with van der Waals surface area (Å²) in [5.74, 6) is 0. The number of nitrogens with zero attached hydrogens (tertiary/aromatic N) is 1. The highest BCUT2D eigenvalue weighted by molar-refractivity contribution is 5.05.